The highest BCUT2D eigenvalue weighted by Gasteiger charge is 2.18. The Morgan fingerprint density at radius 2 is 1.74 bits per heavy atom. The van der Waals surface area contributed by atoms with Gasteiger partial charge >= 0.3 is 0 Å². The number of nitrogens with zero attached hydrogens (tertiary/aromatic N) is 2. The van der Waals surface area contributed by atoms with E-state index < -0.39 is 11.8 Å². The van der Waals surface area contributed by atoms with Crippen LogP contribution in [0.25, 0.3) is 5.82 Å². The molecule has 1 aromatic carbocycles. The van der Waals surface area contributed by atoms with Crippen molar-refractivity contribution in [2.75, 3.05) is 0 Å². The number of halogens is 1. The summed E-state index contributed by atoms with van der Waals surface area (Å²) >= 11 is 5.83. The van der Waals surface area contributed by atoms with E-state index in [1.807, 2.05) is 29.7 Å². The molecule has 2 heterocycles. The fourth-order valence-electron chi connectivity index (χ4n) is 2.77. The maximum atomic E-state index is 12.5. The minimum absolute atomic E-state index is 0.0400. The Morgan fingerprint density at radius 3 is 2.41 bits per heavy atom. The molecule has 0 saturated heterocycles. The van der Waals surface area contributed by atoms with E-state index in [1.165, 1.54) is 18.2 Å². The fourth-order valence-corrected chi connectivity index (χ4v) is 2.94. The van der Waals surface area contributed by atoms with Crippen molar-refractivity contribution >= 4 is 23.4 Å². The van der Waals surface area contributed by atoms with Crippen molar-refractivity contribution in [2.24, 2.45) is 0 Å². The molecule has 2 aromatic heterocycles. The smallest absolute Gasteiger partial charge is 0.273 e. The maximum absolute atomic E-state index is 12.5. The first-order valence-corrected chi connectivity index (χ1v) is 8.46. The van der Waals surface area contributed by atoms with Crippen LogP contribution in [-0.4, -0.2) is 26.5 Å². The first-order chi connectivity index (χ1) is 12.9. The number of carbonyl (C=O) groups is 2. The number of hydrogen-bond acceptors (Lipinski definition) is 4. The second-order valence-corrected chi connectivity index (χ2v) is 6.31. The van der Waals surface area contributed by atoms with Crippen LogP contribution < -0.4 is 10.9 Å². The van der Waals surface area contributed by atoms with Gasteiger partial charge in [-0.3, -0.25) is 20.4 Å². The molecule has 3 aromatic rings. The summed E-state index contributed by atoms with van der Waals surface area (Å²) in [6.45, 7) is 3.66. The van der Waals surface area contributed by atoms with E-state index in [0.717, 1.165) is 5.69 Å². The van der Waals surface area contributed by atoms with Gasteiger partial charge in [-0.25, -0.2) is 4.98 Å². The summed E-state index contributed by atoms with van der Waals surface area (Å²) in [5, 5.41) is 10.0. The normalized spacial score (nSPS) is 10.5. The van der Waals surface area contributed by atoms with E-state index in [2.05, 4.69) is 15.8 Å². The second kappa shape index (κ2) is 7.51. The van der Waals surface area contributed by atoms with Gasteiger partial charge in [-0.05, 0) is 50.2 Å². The zero-order valence-electron chi connectivity index (χ0n) is 14.7. The number of hydrazine groups is 1. The minimum atomic E-state index is -0.679. The number of phenolic OH excluding ortho intramolecular Hbond substituents is 1. The molecule has 0 unspecified atom stereocenters. The van der Waals surface area contributed by atoms with Crippen molar-refractivity contribution in [2.45, 2.75) is 13.8 Å². The van der Waals surface area contributed by atoms with Crippen LogP contribution in [0.5, 0.6) is 5.75 Å². The Balaban J connectivity index is 1.77. The van der Waals surface area contributed by atoms with Crippen LogP contribution in [0.2, 0.25) is 5.02 Å². The molecule has 138 valence electrons. The summed E-state index contributed by atoms with van der Waals surface area (Å²) in [5.41, 5.74) is 6.50. The van der Waals surface area contributed by atoms with Gasteiger partial charge in [0.05, 0.1) is 11.1 Å². The zero-order valence-corrected chi connectivity index (χ0v) is 15.4. The highest BCUT2D eigenvalue weighted by molar-refractivity contribution is 6.31. The van der Waals surface area contributed by atoms with E-state index in [4.69, 9.17) is 11.6 Å². The summed E-state index contributed by atoms with van der Waals surface area (Å²) in [6.07, 6.45) is 1.67. The molecule has 0 spiro atoms. The van der Waals surface area contributed by atoms with Crippen LogP contribution in [0.1, 0.15) is 32.1 Å². The topological polar surface area (TPSA) is 96.3 Å². The monoisotopic (exact) mass is 384 g/mol. The van der Waals surface area contributed by atoms with Crippen molar-refractivity contribution < 1.29 is 14.7 Å². The van der Waals surface area contributed by atoms with E-state index in [-0.39, 0.29) is 11.3 Å². The lowest BCUT2D eigenvalue weighted by Gasteiger charge is -2.10. The second-order valence-electron chi connectivity index (χ2n) is 5.88. The summed E-state index contributed by atoms with van der Waals surface area (Å²) in [7, 11) is 0. The number of carbonyl (C=O) groups excluding carboxylic acids is 2. The number of benzene rings is 1. The minimum Gasteiger partial charge on any atom is -0.507 e. The third-order valence-corrected chi connectivity index (χ3v) is 4.28. The van der Waals surface area contributed by atoms with Gasteiger partial charge in [0.25, 0.3) is 11.8 Å². The quantitative estimate of drug-likeness (QED) is 0.605. The molecule has 0 fully saturated rings. The number of nitrogens with one attached hydrogen (secondary N) is 2. The van der Waals surface area contributed by atoms with Crippen molar-refractivity contribution in [3.05, 3.63) is 76.2 Å². The molecular formula is C19H17ClN4O3. The van der Waals surface area contributed by atoms with Gasteiger partial charge in [-0.2, -0.15) is 0 Å². The predicted octanol–water partition coefficient (Wildman–Crippen LogP) is 2.92. The lowest BCUT2D eigenvalue weighted by molar-refractivity contribution is 0.0844. The van der Waals surface area contributed by atoms with Gasteiger partial charge in [0.2, 0.25) is 0 Å². The molecule has 0 bridgehead atoms. The number of rotatable bonds is 3. The number of hydrogen-bond donors (Lipinski definition) is 3. The van der Waals surface area contributed by atoms with Crippen LogP contribution in [0.4, 0.5) is 0 Å². The molecule has 27 heavy (non-hydrogen) atoms. The number of amides is 2. The maximum Gasteiger partial charge on any atom is 0.273 e. The SMILES string of the molecule is Cc1cc(C(=O)NNC(=O)c2cc(Cl)ccc2O)c(C)n1-c1ccccn1. The van der Waals surface area contributed by atoms with Gasteiger partial charge in [0.1, 0.15) is 11.6 Å². The molecule has 0 saturated carbocycles. The van der Waals surface area contributed by atoms with Crippen molar-refractivity contribution in [1.82, 2.24) is 20.4 Å². The third kappa shape index (κ3) is 3.78. The molecular weight excluding hydrogens is 368 g/mol. The molecule has 7 nitrogen and oxygen atoms in total. The van der Waals surface area contributed by atoms with E-state index in [0.29, 0.717) is 22.1 Å². The van der Waals surface area contributed by atoms with Gasteiger partial charge in [0.15, 0.2) is 0 Å². The largest absolute Gasteiger partial charge is 0.507 e. The summed E-state index contributed by atoms with van der Waals surface area (Å²) in [5.74, 6) is -0.707. The first-order valence-electron chi connectivity index (χ1n) is 8.08. The van der Waals surface area contributed by atoms with Crippen LogP contribution in [0, 0.1) is 13.8 Å². The molecule has 0 atom stereocenters. The molecule has 0 aliphatic rings. The van der Waals surface area contributed by atoms with Gasteiger partial charge in [0, 0.05) is 22.6 Å². The molecule has 3 N–H and O–H groups in total. The Kier molecular flexibility index (Phi) is 5.14. The molecule has 3 rings (SSSR count). The Morgan fingerprint density at radius 1 is 1.04 bits per heavy atom. The van der Waals surface area contributed by atoms with Crippen LogP contribution >= 0.6 is 11.6 Å². The highest BCUT2D eigenvalue weighted by atomic mass is 35.5. The molecule has 0 radical (unpaired) electrons. The Hall–Kier alpha value is -3.32. The van der Waals surface area contributed by atoms with Crippen molar-refractivity contribution in [3.63, 3.8) is 0 Å². The number of aromatic hydroxyl groups is 1. The highest BCUT2D eigenvalue weighted by Crippen LogP contribution is 2.21. The van der Waals surface area contributed by atoms with Crippen LogP contribution in [0.15, 0.2) is 48.7 Å². The van der Waals surface area contributed by atoms with Gasteiger partial charge < -0.3 is 9.67 Å². The van der Waals surface area contributed by atoms with Gasteiger partial charge in [-0.15, -0.1) is 0 Å². The Bertz CT molecular complexity index is 1020. The average molecular weight is 385 g/mol. The third-order valence-electron chi connectivity index (χ3n) is 4.05. The summed E-state index contributed by atoms with van der Waals surface area (Å²) in [4.78, 5) is 29.0. The first kappa shape index (κ1) is 18.5. The molecule has 0 aliphatic heterocycles. The van der Waals surface area contributed by atoms with Crippen molar-refractivity contribution in [3.8, 4) is 11.6 Å². The summed E-state index contributed by atoms with van der Waals surface area (Å²) < 4.78 is 1.85. The average Bonchev–Trinajstić information content (AvgIpc) is 2.96. The standard InChI is InChI=1S/C19H17ClN4O3/c1-11-9-14(12(2)24(11)17-5-3-4-8-21-17)18(26)22-23-19(27)15-10-13(20)6-7-16(15)25/h3-10,25H,1-2H3,(H,22,26)(H,23,27). The predicted molar refractivity (Wildman–Crippen MR) is 101 cm³/mol. The zero-order chi connectivity index (χ0) is 19.6. The number of aromatic nitrogens is 2. The van der Waals surface area contributed by atoms with E-state index in [1.54, 1.807) is 19.2 Å². The van der Waals surface area contributed by atoms with Crippen LogP contribution in [-0.2, 0) is 0 Å². The molecule has 0 aliphatic carbocycles. The fraction of sp³-hybridized carbons (Fsp3) is 0.105. The number of phenols is 1. The van der Waals surface area contributed by atoms with E-state index in [9.17, 15) is 14.7 Å². The lowest BCUT2D eigenvalue weighted by Crippen LogP contribution is -2.41. The summed E-state index contributed by atoms with van der Waals surface area (Å²) in [6, 6.07) is 11.3. The Labute approximate surface area is 160 Å². The van der Waals surface area contributed by atoms with Gasteiger partial charge in [-0.1, -0.05) is 17.7 Å². The van der Waals surface area contributed by atoms with E-state index >= 15 is 0 Å². The van der Waals surface area contributed by atoms with Crippen LogP contribution in [0.3, 0.4) is 0 Å². The van der Waals surface area contributed by atoms with Crippen molar-refractivity contribution in [1.29, 1.82) is 0 Å². The number of aryl methyl sites for hydroxylation is 1. The molecule has 8 heteroatoms. The molecule has 2 amide bonds. The lowest BCUT2D eigenvalue weighted by atomic mass is 10.2. The number of pyridine rings is 1.